The van der Waals surface area contributed by atoms with Gasteiger partial charge >= 0.3 is 0 Å². The van der Waals surface area contributed by atoms with Crippen LogP contribution in [0.1, 0.15) is 35.9 Å². The van der Waals surface area contributed by atoms with Crippen molar-refractivity contribution in [2.75, 3.05) is 19.0 Å². The van der Waals surface area contributed by atoms with E-state index in [1.165, 1.54) is 11.1 Å². The Bertz CT molecular complexity index is 1050. The minimum absolute atomic E-state index is 0.179. The second-order valence-electron chi connectivity index (χ2n) is 7.57. The normalized spacial score (nSPS) is 12.1. The van der Waals surface area contributed by atoms with Crippen LogP contribution < -0.4 is 10.1 Å². The number of benzene rings is 2. The van der Waals surface area contributed by atoms with Crippen LogP contribution in [0.5, 0.6) is 5.75 Å². The zero-order valence-corrected chi connectivity index (χ0v) is 17.6. The zero-order valence-electron chi connectivity index (χ0n) is 17.6. The number of carbonyl (C=O) groups excluding carboxylic acids is 1. The third-order valence-corrected chi connectivity index (χ3v) is 5.56. The number of carbonyl (C=O) groups is 1. The lowest BCUT2D eigenvalue weighted by Crippen LogP contribution is -2.19. The van der Waals surface area contributed by atoms with Crippen LogP contribution in [0.4, 0.5) is 5.82 Å². The maximum absolute atomic E-state index is 12.4. The molecule has 4 rings (SSSR count). The van der Waals surface area contributed by atoms with E-state index >= 15 is 0 Å². The molecule has 0 unspecified atom stereocenters. The first-order valence-corrected chi connectivity index (χ1v) is 10.5. The fourth-order valence-corrected chi connectivity index (χ4v) is 3.87. The molecular weight excluding hydrogens is 374 g/mol. The van der Waals surface area contributed by atoms with Crippen molar-refractivity contribution in [3.8, 4) is 17.0 Å². The first-order chi connectivity index (χ1) is 14.7. The summed E-state index contributed by atoms with van der Waals surface area (Å²) in [6.07, 6.45) is 3.79. The van der Waals surface area contributed by atoms with E-state index in [2.05, 4.69) is 36.5 Å². The van der Waals surface area contributed by atoms with Crippen LogP contribution in [-0.2, 0) is 30.5 Å². The third-order valence-electron chi connectivity index (χ3n) is 5.56. The van der Waals surface area contributed by atoms with Crippen LogP contribution in [0, 0.1) is 0 Å². The van der Waals surface area contributed by atoms with Crippen LogP contribution >= 0.6 is 0 Å². The Morgan fingerprint density at radius 2 is 1.93 bits per heavy atom. The maximum atomic E-state index is 12.4. The van der Waals surface area contributed by atoms with Gasteiger partial charge in [-0.1, -0.05) is 37.3 Å². The summed E-state index contributed by atoms with van der Waals surface area (Å²) in [5.41, 5.74) is 6.40. The summed E-state index contributed by atoms with van der Waals surface area (Å²) in [6, 6.07) is 16.2. The quantitative estimate of drug-likeness (QED) is 0.605. The second-order valence-corrected chi connectivity index (χ2v) is 7.57. The highest BCUT2D eigenvalue weighted by Gasteiger charge is 2.22. The summed E-state index contributed by atoms with van der Waals surface area (Å²) < 4.78 is 5.36. The molecule has 5 nitrogen and oxygen atoms in total. The fourth-order valence-electron chi connectivity index (χ4n) is 3.87. The smallest absolute Gasteiger partial charge is 0.152 e. The molecule has 0 bridgehead atoms. The van der Waals surface area contributed by atoms with Crippen LogP contribution in [0.25, 0.3) is 11.3 Å². The topological polar surface area (TPSA) is 64.1 Å². The molecular formula is C25H27N3O2. The number of methoxy groups -OCH3 is 1. The van der Waals surface area contributed by atoms with Gasteiger partial charge in [0.05, 0.1) is 30.7 Å². The number of hydrogen-bond donors (Lipinski definition) is 1. The van der Waals surface area contributed by atoms with Gasteiger partial charge in [-0.3, -0.25) is 4.79 Å². The number of hydrogen-bond acceptors (Lipinski definition) is 5. The molecule has 2 aromatic carbocycles. The Hall–Kier alpha value is -3.21. The number of nitrogens with one attached hydrogen (secondary N) is 1. The van der Waals surface area contributed by atoms with E-state index < -0.39 is 0 Å². The lowest BCUT2D eigenvalue weighted by atomic mass is 9.91. The van der Waals surface area contributed by atoms with Crippen molar-refractivity contribution in [2.24, 2.45) is 0 Å². The highest BCUT2D eigenvalue weighted by atomic mass is 16.5. The molecule has 1 N–H and O–H groups in total. The van der Waals surface area contributed by atoms with Gasteiger partial charge in [-0.05, 0) is 55.0 Å². The maximum Gasteiger partial charge on any atom is 0.152 e. The largest absolute Gasteiger partial charge is 0.497 e. The van der Waals surface area contributed by atoms with Crippen molar-refractivity contribution >= 4 is 11.6 Å². The number of anilines is 1. The van der Waals surface area contributed by atoms with Crippen LogP contribution in [0.3, 0.4) is 0 Å². The van der Waals surface area contributed by atoms with Gasteiger partial charge in [0.15, 0.2) is 5.78 Å². The number of rotatable bonds is 8. The Morgan fingerprint density at radius 3 is 2.70 bits per heavy atom. The van der Waals surface area contributed by atoms with Gasteiger partial charge in [0, 0.05) is 12.0 Å². The molecule has 1 aliphatic carbocycles. The van der Waals surface area contributed by atoms with Crippen LogP contribution in [0.15, 0.2) is 48.5 Å². The number of fused-ring (bicyclic) bond motifs is 3. The molecule has 0 atom stereocenters. The summed E-state index contributed by atoms with van der Waals surface area (Å²) in [7, 11) is 1.69. The number of ketones is 1. The average Bonchev–Trinajstić information content (AvgIpc) is 2.80. The minimum atomic E-state index is 0.179. The minimum Gasteiger partial charge on any atom is -0.497 e. The predicted octanol–water partition coefficient (Wildman–Crippen LogP) is 4.43. The highest BCUT2D eigenvalue weighted by molar-refractivity contribution is 5.83. The SMILES string of the molecule is CCc1nc2c(nc1NCC(=O)CCc1ccccc1)CCc1cc(OC)ccc1-2. The second kappa shape index (κ2) is 9.08. The third kappa shape index (κ3) is 4.35. The number of ether oxygens (including phenoxy) is 1. The number of nitrogens with zero attached hydrogens (tertiary/aromatic N) is 2. The molecule has 1 aromatic heterocycles. The Labute approximate surface area is 177 Å². The first kappa shape index (κ1) is 20.1. The van der Waals surface area contributed by atoms with E-state index in [9.17, 15) is 4.79 Å². The molecule has 0 fully saturated rings. The molecule has 154 valence electrons. The molecule has 30 heavy (non-hydrogen) atoms. The zero-order chi connectivity index (χ0) is 20.9. The predicted molar refractivity (Wildman–Crippen MR) is 119 cm³/mol. The van der Waals surface area contributed by atoms with Gasteiger partial charge < -0.3 is 10.1 Å². The fraction of sp³-hybridized carbons (Fsp3) is 0.320. The monoisotopic (exact) mass is 401 g/mol. The van der Waals surface area contributed by atoms with Crippen LogP contribution in [0.2, 0.25) is 0 Å². The summed E-state index contributed by atoms with van der Waals surface area (Å²) in [6.45, 7) is 2.34. The Balaban J connectivity index is 1.47. The van der Waals surface area contributed by atoms with Crippen molar-refractivity contribution in [2.45, 2.75) is 39.0 Å². The summed E-state index contributed by atoms with van der Waals surface area (Å²) in [5, 5.41) is 3.25. The summed E-state index contributed by atoms with van der Waals surface area (Å²) >= 11 is 0. The van der Waals surface area contributed by atoms with Crippen molar-refractivity contribution < 1.29 is 9.53 Å². The van der Waals surface area contributed by atoms with E-state index in [0.29, 0.717) is 6.42 Å². The van der Waals surface area contributed by atoms with E-state index in [0.717, 1.165) is 59.9 Å². The van der Waals surface area contributed by atoms with Crippen molar-refractivity contribution in [3.05, 3.63) is 71.0 Å². The molecule has 1 aliphatic rings. The van der Waals surface area contributed by atoms with Crippen molar-refractivity contribution in [1.82, 2.24) is 9.97 Å². The van der Waals surface area contributed by atoms with Crippen molar-refractivity contribution in [3.63, 3.8) is 0 Å². The molecule has 0 spiro atoms. The Kier molecular flexibility index (Phi) is 6.07. The summed E-state index contributed by atoms with van der Waals surface area (Å²) in [4.78, 5) is 22.2. The van der Waals surface area contributed by atoms with Gasteiger partial charge in [0.25, 0.3) is 0 Å². The number of aryl methyl sites for hydroxylation is 4. The standard InChI is InChI=1S/C25H27N3O2/c1-3-22-25(26-16-19(29)11-9-17-7-5-4-6-8-17)28-23-14-10-18-15-20(30-2)12-13-21(18)24(23)27-22/h4-8,12-13,15H,3,9-11,14,16H2,1-2H3,(H,26,28). The van der Waals surface area contributed by atoms with Gasteiger partial charge in [-0.15, -0.1) is 0 Å². The van der Waals surface area contributed by atoms with E-state index in [4.69, 9.17) is 14.7 Å². The van der Waals surface area contributed by atoms with E-state index in [1.54, 1.807) is 7.11 Å². The molecule has 0 radical (unpaired) electrons. The molecule has 1 heterocycles. The molecule has 0 saturated heterocycles. The number of aromatic nitrogens is 2. The van der Waals surface area contributed by atoms with Crippen LogP contribution in [-0.4, -0.2) is 29.4 Å². The van der Waals surface area contributed by atoms with E-state index in [1.807, 2.05) is 24.3 Å². The highest BCUT2D eigenvalue weighted by Crippen LogP contribution is 2.34. The lowest BCUT2D eigenvalue weighted by Gasteiger charge is -2.21. The molecule has 0 amide bonds. The molecule has 0 aliphatic heterocycles. The lowest BCUT2D eigenvalue weighted by molar-refractivity contribution is -0.117. The number of Topliss-reactive ketones (excluding diaryl/α,β-unsaturated/α-hetero) is 1. The average molecular weight is 402 g/mol. The molecule has 3 aromatic rings. The van der Waals surface area contributed by atoms with Gasteiger partial charge in [-0.2, -0.15) is 0 Å². The van der Waals surface area contributed by atoms with Gasteiger partial charge in [0.2, 0.25) is 0 Å². The summed E-state index contributed by atoms with van der Waals surface area (Å²) in [5.74, 6) is 1.78. The molecule has 0 saturated carbocycles. The van der Waals surface area contributed by atoms with Gasteiger partial charge in [0.1, 0.15) is 11.6 Å². The molecule has 5 heteroatoms. The first-order valence-electron chi connectivity index (χ1n) is 10.5. The Morgan fingerprint density at radius 1 is 1.10 bits per heavy atom. The van der Waals surface area contributed by atoms with Gasteiger partial charge in [-0.25, -0.2) is 9.97 Å². The van der Waals surface area contributed by atoms with Crippen molar-refractivity contribution in [1.29, 1.82) is 0 Å². The van der Waals surface area contributed by atoms with E-state index in [-0.39, 0.29) is 12.3 Å².